The van der Waals surface area contributed by atoms with Crippen molar-refractivity contribution in [3.05, 3.63) is 0 Å². The van der Waals surface area contributed by atoms with Gasteiger partial charge in [-0.25, -0.2) is 0 Å². The molecule has 3 atom stereocenters. The summed E-state index contributed by atoms with van der Waals surface area (Å²) in [6.45, 7) is 2.19. The Morgan fingerprint density at radius 1 is 1.06 bits per heavy atom. The van der Waals surface area contributed by atoms with Gasteiger partial charge in [0.15, 0.2) is 0 Å². The summed E-state index contributed by atoms with van der Waals surface area (Å²) >= 11 is 0. The van der Waals surface area contributed by atoms with Crippen molar-refractivity contribution in [2.45, 2.75) is 83.3 Å². The van der Waals surface area contributed by atoms with Gasteiger partial charge < -0.3 is 10.2 Å². The number of aliphatic hydroxyl groups is 2. The lowest BCUT2D eigenvalue weighted by molar-refractivity contribution is -0.119. The Labute approximate surface area is 111 Å². The van der Waals surface area contributed by atoms with Crippen LogP contribution in [-0.4, -0.2) is 28.2 Å². The summed E-state index contributed by atoms with van der Waals surface area (Å²) in [5.41, 5.74) is 0. The summed E-state index contributed by atoms with van der Waals surface area (Å²) in [7, 11) is 0. The average Bonchev–Trinajstić information content (AvgIpc) is 2.65. The molecule has 3 nitrogen and oxygen atoms in total. The van der Waals surface area contributed by atoms with Crippen LogP contribution in [0, 0.1) is 5.92 Å². The van der Waals surface area contributed by atoms with Gasteiger partial charge in [0.1, 0.15) is 5.78 Å². The van der Waals surface area contributed by atoms with Crippen molar-refractivity contribution in [2.24, 2.45) is 5.92 Å². The van der Waals surface area contributed by atoms with E-state index in [1.165, 1.54) is 19.3 Å². The van der Waals surface area contributed by atoms with Crippen LogP contribution in [0.25, 0.3) is 0 Å². The SMILES string of the molecule is CCCCCCCC(=O)CC[C@@H]1C[C@@H](O)C[C@H]1O. The molecule has 18 heavy (non-hydrogen) atoms. The Balaban J connectivity index is 2.03. The lowest BCUT2D eigenvalue weighted by atomic mass is 9.96. The number of carbonyl (C=O) groups excluding carboxylic acids is 1. The normalized spacial score (nSPS) is 27.6. The molecule has 0 saturated heterocycles. The predicted molar refractivity (Wildman–Crippen MR) is 72.4 cm³/mol. The van der Waals surface area contributed by atoms with E-state index in [1.807, 2.05) is 0 Å². The number of rotatable bonds is 9. The van der Waals surface area contributed by atoms with Crippen molar-refractivity contribution in [3.63, 3.8) is 0 Å². The Hall–Kier alpha value is -0.410. The quantitative estimate of drug-likeness (QED) is 0.624. The van der Waals surface area contributed by atoms with E-state index in [9.17, 15) is 15.0 Å². The van der Waals surface area contributed by atoms with Gasteiger partial charge >= 0.3 is 0 Å². The molecule has 0 bridgehead atoms. The molecule has 0 unspecified atom stereocenters. The zero-order valence-electron chi connectivity index (χ0n) is 11.6. The van der Waals surface area contributed by atoms with Gasteiger partial charge in [-0.1, -0.05) is 32.6 Å². The molecule has 106 valence electrons. The fourth-order valence-corrected chi connectivity index (χ4v) is 2.78. The third kappa shape index (κ3) is 5.96. The number of carbonyl (C=O) groups is 1. The Bertz CT molecular complexity index is 240. The van der Waals surface area contributed by atoms with Crippen molar-refractivity contribution >= 4 is 5.78 Å². The molecule has 0 aliphatic heterocycles. The van der Waals surface area contributed by atoms with Gasteiger partial charge in [-0.2, -0.15) is 0 Å². The second-order valence-corrected chi connectivity index (χ2v) is 5.69. The smallest absolute Gasteiger partial charge is 0.132 e. The highest BCUT2D eigenvalue weighted by Crippen LogP contribution is 2.29. The summed E-state index contributed by atoms with van der Waals surface area (Å²) in [5, 5.41) is 19.1. The van der Waals surface area contributed by atoms with Gasteiger partial charge in [0.05, 0.1) is 12.2 Å². The monoisotopic (exact) mass is 256 g/mol. The Kier molecular flexibility index (Phi) is 7.52. The molecule has 0 amide bonds. The summed E-state index contributed by atoms with van der Waals surface area (Å²) in [4.78, 5) is 11.7. The molecule has 0 aromatic heterocycles. The van der Waals surface area contributed by atoms with E-state index in [2.05, 4.69) is 6.92 Å². The van der Waals surface area contributed by atoms with Crippen molar-refractivity contribution < 1.29 is 15.0 Å². The van der Waals surface area contributed by atoms with E-state index in [1.54, 1.807) is 0 Å². The maximum Gasteiger partial charge on any atom is 0.132 e. The van der Waals surface area contributed by atoms with Crippen molar-refractivity contribution in [3.8, 4) is 0 Å². The van der Waals surface area contributed by atoms with E-state index >= 15 is 0 Å². The number of hydrogen-bond acceptors (Lipinski definition) is 3. The number of aliphatic hydroxyl groups excluding tert-OH is 2. The van der Waals surface area contributed by atoms with E-state index < -0.39 is 6.10 Å². The molecular formula is C15H28O3. The van der Waals surface area contributed by atoms with E-state index in [-0.39, 0.29) is 12.0 Å². The molecular weight excluding hydrogens is 228 g/mol. The van der Waals surface area contributed by atoms with E-state index in [0.717, 1.165) is 19.3 Å². The first-order chi connectivity index (χ1) is 8.63. The maximum atomic E-state index is 11.7. The first-order valence-electron chi connectivity index (χ1n) is 7.51. The third-order valence-corrected chi connectivity index (χ3v) is 3.99. The molecule has 2 N–H and O–H groups in total. The average molecular weight is 256 g/mol. The molecule has 1 aliphatic carbocycles. The van der Waals surface area contributed by atoms with Crippen LogP contribution in [0.1, 0.15) is 71.1 Å². The largest absolute Gasteiger partial charge is 0.393 e. The second-order valence-electron chi connectivity index (χ2n) is 5.69. The molecule has 0 heterocycles. The zero-order chi connectivity index (χ0) is 13.4. The molecule has 1 fully saturated rings. The first-order valence-corrected chi connectivity index (χ1v) is 7.51. The third-order valence-electron chi connectivity index (χ3n) is 3.99. The van der Waals surface area contributed by atoms with Crippen LogP contribution in [0.5, 0.6) is 0 Å². The van der Waals surface area contributed by atoms with Crippen LogP contribution < -0.4 is 0 Å². The molecule has 3 heteroatoms. The summed E-state index contributed by atoms with van der Waals surface area (Å²) < 4.78 is 0. The van der Waals surface area contributed by atoms with Crippen LogP contribution in [0.4, 0.5) is 0 Å². The maximum absolute atomic E-state index is 11.7. The number of ketones is 1. The van der Waals surface area contributed by atoms with Crippen LogP contribution in [0.15, 0.2) is 0 Å². The number of Topliss-reactive ketones (excluding diaryl/α,β-unsaturated/α-hetero) is 1. The molecule has 0 aromatic rings. The van der Waals surface area contributed by atoms with E-state index in [4.69, 9.17) is 0 Å². The first kappa shape index (κ1) is 15.6. The van der Waals surface area contributed by atoms with Gasteiger partial charge in [-0.3, -0.25) is 4.79 Å². The van der Waals surface area contributed by atoms with Crippen LogP contribution in [0.3, 0.4) is 0 Å². The zero-order valence-corrected chi connectivity index (χ0v) is 11.6. The Morgan fingerprint density at radius 3 is 2.39 bits per heavy atom. The van der Waals surface area contributed by atoms with Gasteiger partial charge in [0.25, 0.3) is 0 Å². The van der Waals surface area contributed by atoms with Crippen molar-refractivity contribution in [1.29, 1.82) is 0 Å². The standard InChI is InChI=1S/C15H28O3/c1-2-3-4-5-6-7-13(16)9-8-12-10-14(17)11-15(12)18/h12,14-15,17-18H,2-11H2,1H3/t12-,14-,15-/m1/s1. The fraction of sp³-hybridized carbons (Fsp3) is 0.933. The fourth-order valence-electron chi connectivity index (χ4n) is 2.78. The summed E-state index contributed by atoms with van der Waals surface area (Å²) in [6, 6.07) is 0. The van der Waals surface area contributed by atoms with E-state index in [0.29, 0.717) is 31.5 Å². The number of hydrogen-bond donors (Lipinski definition) is 2. The highest BCUT2D eigenvalue weighted by molar-refractivity contribution is 5.78. The highest BCUT2D eigenvalue weighted by atomic mass is 16.3. The molecule has 1 rings (SSSR count). The lowest BCUT2D eigenvalue weighted by Gasteiger charge is -2.12. The number of unbranched alkanes of at least 4 members (excludes halogenated alkanes) is 4. The molecule has 1 aliphatic rings. The van der Waals surface area contributed by atoms with Crippen LogP contribution >= 0.6 is 0 Å². The topological polar surface area (TPSA) is 57.5 Å². The highest BCUT2D eigenvalue weighted by Gasteiger charge is 2.31. The Morgan fingerprint density at radius 2 is 1.78 bits per heavy atom. The van der Waals surface area contributed by atoms with Gasteiger partial charge in [0.2, 0.25) is 0 Å². The van der Waals surface area contributed by atoms with Crippen molar-refractivity contribution in [1.82, 2.24) is 0 Å². The minimum absolute atomic E-state index is 0.129. The summed E-state index contributed by atoms with van der Waals surface area (Å²) in [6.07, 6.45) is 8.27. The minimum Gasteiger partial charge on any atom is -0.393 e. The van der Waals surface area contributed by atoms with Gasteiger partial charge in [-0.15, -0.1) is 0 Å². The summed E-state index contributed by atoms with van der Waals surface area (Å²) in [5.74, 6) is 0.448. The van der Waals surface area contributed by atoms with Crippen LogP contribution in [-0.2, 0) is 4.79 Å². The van der Waals surface area contributed by atoms with Crippen molar-refractivity contribution in [2.75, 3.05) is 0 Å². The minimum atomic E-state index is -0.405. The second kappa shape index (κ2) is 8.65. The molecule has 0 radical (unpaired) electrons. The van der Waals surface area contributed by atoms with Gasteiger partial charge in [-0.05, 0) is 31.6 Å². The van der Waals surface area contributed by atoms with Crippen LogP contribution in [0.2, 0.25) is 0 Å². The predicted octanol–water partition coefficient (Wildman–Crippen LogP) is 2.83. The molecule has 1 saturated carbocycles. The molecule has 0 aromatic carbocycles. The lowest BCUT2D eigenvalue weighted by Crippen LogP contribution is -2.14. The molecule has 0 spiro atoms. The van der Waals surface area contributed by atoms with Gasteiger partial charge in [0, 0.05) is 12.8 Å².